The second kappa shape index (κ2) is 5.33. The highest BCUT2D eigenvalue weighted by Gasteiger charge is 2.40. The van der Waals surface area contributed by atoms with Gasteiger partial charge >= 0.3 is 0 Å². The largest absolute Gasteiger partial charge is 0.287 e. The molecule has 0 saturated carbocycles. The van der Waals surface area contributed by atoms with Crippen molar-refractivity contribution < 1.29 is 4.79 Å². The van der Waals surface area contributed by atoms with Crippen molar-refractivity contribution in [3.63, 3.8) is 0 Å². The third kappa shape index (κ3) is 1.85. The van der Waals surface area contributed by atoms with Crippen molar-refractivity contribution >= 4 is 28.1 Å². The van der Waals surface area contributed by atoms with Gasteiger partial charge in [0, 0.05) is 5.56 Å². The molecule has 3 aromatic carbocycles. The highest BCUT2D eigenvalue weighted by Crippen LogP contribution is 2.41. The van der Waals surface area contributed by atoms with Crippen LogP contribution in [0, 0.1) is 0 Å². The monoisotopic (exact) mass is 363 g/mol. The summed E-state index contributed by atoms with van der Waals surface area (Å²) in [7, 11) is 0. The molecule has 0 N–H and O–H groups in total. The van der Waals surface area contributed by atoms with Crippen molar-refractivity contribution in [3.05, 3.63) is 100 Å². The van der Waals surface area contributed by atoms with Crippen molar-refractivity contribution in [2.24, 2.45) is 4.99 Å². The second-order valence-electron chi connectivity index (χ2n) is 6.96. The molecule has 6 rings (SSSR count). The Bertz CT molecular complexity index is 1420. The van der Waals surface area contributed by atoms with E-state index in [4.69, 9.17) is 4.98 Å². The van der Waals surface area contributed by atoms with Gasteiger partial charge in [0.25, 0.3) is 5.56 Å². The Balaban J connectivity index is 1.68. The quantitative estimate of drug-likeness (QED) is 0.517. The fraction of sp³-hybridized carbons (Fsp3) is 0.0435. The molecule has 0 saturated heterocycles. The summed E-state index contributed by atoms with van der Waals surface area (Å²) < 4.78 is 1.63. The first-order chi connectivity index (χ1) is 13.7. The fourth-order valence-electron chi connectivity index (χ4n) is 4.20. The molecule has 132 valence electrons. The Kier molecular flexibility index (Phi) is 2.90. The van der Waals surface area contributed by atoms with E-state index >= 15 is 0 Å². The predicted octanol–water partition coefficient (Wildman–Crippen LogP) is 3.80. The predicted molar refractivity (Wildman–Crippen MR) is 107 cm³/mol. The van der Waals surface area contributed by atoms with E-state index in [0.29, 0.717) is 33.7 Å². The molecule has 28 heavy (non-hydrogen) atoms. The van der Waals surface area contributed by atoms with Gasteiger partial charge in [0.15, 0.2) is 0 Å². The number of rotatable bonds is 1. The highest BCUT2D eigenvalue weighted by atomic mass is 16.1. The van der Waals surface area contributed by atoms with Gasteiger partial charge in [0.1, 0.15) is 11.5 Å². The van der Waals surface area contributed by atoms with Crippen molar-refractivity contribution in [3.8, 4) is 5.69 Å². The smallest absolute Gasteiger partial charge is 0.266 e. The second-order valence-corrected chi connectivity index (χ2v) is 6.96. The Hall–Kier alpha value is -3.86. The van der Waals surface area contributed by atoms with E-state index in [1.165, 1.54) is 0 Å². The first kappa shape index (κ1) is 15.2. The number of ketones is 1. The molecule has 0 unspecified atom stereocenters. The van der Waals surface area contributed by atoms with Gasteiger partial charge in [-0.05, 0) is 35.9 Å². The summed E-state index contributed by atoms with van der Waals surface area (Å²) in [6.07, 6.45) is 0. The molecule has 3 heterocycles. The van der Waals surface area contributed by atoms with Gasteiger partial charge in [-0.1, -0.05) is 42.5 Å². The van der Waals surface area contributed by atoms with Crippen LogP contribution in [0.3, 0.4) is 0 Å². The molecule has 0 fully saturated rings. The number of carbonyl (C=O) groups is 1. The summed E-state index contributed by atoms with van der Waals surface area (Å²) in [5, 5.41) is 0.560. The van der Waals surface area contributed by atoms with Crippen LogP contribution in [0.4, 0.5) is 5.69 Å². The van der Waals surface area contributed by atoms with E-state index in [1.54, 1.807) is 16.7 Å². The molecule has 1 atom stereocenters. The third-order valence-electron chi connectivity index (χ3n) is 5.44. The molecule has 2 aliphatic rings. The van der Waals surface area contributed by atoms with E-state index in [1.807, 2.05) is 60.7 Å². The lowest BCUT2D eigenvalue weighted by Gasteiger charge is -2.11. The number of aromatic nitrogens is 2. The number of carbonyl (C=O) groups excluding carboxylic acids is 1. The summed E-state index contributed by atoms with van der Waals surface area (Å²) in [5.74, 6) is -0.0236. The number of nitrogens with zero attached hydrogens (tertiary/aromatic N) is 3. The van der Waals surface area contributed by atoms with Crippen LogP contribution in [0.2, 0.25) is 0 Å². The molecule has 0 amide bonds. The van der Waals surface area contributed by atoms with Crippen LogP contribution in [0.25, 0.3) is 16.6 Å². The summed E-state index contributed by atoms with van der Waals surface area (Å²) in [4.78, 5) is 35.8. The zero-order valence-corrected chi connectivity index (χ0v) is 14.7. The minimum atomic E-state index is -0.464. The lowest BCUT2D eigenvalue weighted by atomic mass is 9.91. The van der Waals surface area contributed by atoms with Crippen molar-refractivity contribution in [1.82, 2.24) is 9.55 Å². The minimum Gasteiger partial charge on any atom is -0.287 e. The molecule has 4 aromatic rings. The lowest BCUT2D eigenvalue weighted by molar-refractivity contribution is 0.106. The van der Waals surface area contributed by atoms with Crippen LogP contribution >= 0.6 is 0 Å². The molecule has 5 nitrogen and oxygen atoms in total. The van der Waals surface area contributed by atoms with E-state index in [9.17, 15) is 9.59 Å². The lowest BCUT2D eigenvalue weighted by Crippen LogP contribution is -2.24. The molecule has 0 bridgehead atoms. The summed E-state index contributed by atoms with van der Waals surface area (Å²) in [6.45, 7) is 0. The Morgan fingerprint density at radius 3 is 2.46 bits per heavy atom. The van der Waals surface area contributed by atoms with Gasteiger partial charge in [-0.3, -0.25) is 14.2 Å². The summed E-state index contributed by atoms with van der Waals surface area (Å²) >= 11 is 0. The fourth-order valence-corrected chi connectivity index (χ4v) is 4.20. The van der Waals surface area contributed by atoms with Crippen LogP contribution in [0.1, 0.15) is 27.7 Å². The van der Waals surface area contributed by atoms with E-state index in [-0.39, 0.29) is 11.3 Å². The van der Waals surface area contributed by atoms with E-state index in [2.05, 4.69) is 4.99 Å². The van der Waals surface area contributed by atoms with Gasteiger partial charge in [-0.15, -0.1) is 0 Å². The maximum absolute atomic E-state index is 13.2. The van der Waals surface area contributed by atoms with Crippen LogP contribution in [-0.4, -0.2) is 21.0 Å². The van der Waals surface area contributed by atoms with Crippen LogP contribution in [-0.2, 0) is 0 Å². The summed E-state index contributed by atoms with van der Waals surface area (Å²) in [6, 6.07) is 22.3. The zero-order valence-electron chi connectivity index (χ0n) is 14.7. The number of benzene rings is 3. The molecule has 0 spiro atoms. The molecule has 0 radical (unpaired) electrons. The highest BCUT2D eigenvalue weighted by molar-refractivity contribution is 6.52. The average molecular weight is 363 g/mol. The van der Waals surface area contributed by atoms with Crippen LogP contribution in [0.15, 0.2) is 82.6 Å². The van der Waals surface area contributed by atoms with Gasteiger partial charge < -0.3 is 0 Å². The van der Waals surface area contributed by atoms with Gasteiger partial charge in [0.2, 0.25) is 5.78 Å². The van der Waals surface area contributed by atoms with Crippen molar-refractivity contribution in [1.29, 1.82) is 0 Å². The van der Waals surface area contributed by atoms with Gasteiger partial charge in [-0.2, -0.15) is 0 Å². The third-order valence-corrected chi connectivity index (χ3v) is 5.44. The molecule has 5 heteroatoms. The van der Waals surface area contributed by atoms with Gasteiger partial charge in [0.05, 0.1) is 28.2 Å². The van der Waals surface area contributed by atoms with Crippen LogP contribution in [0.5, 0.6) is 0 Å². The SMILES string of the molecule is O=C1C([C@@H]2c3ccccc3-n3c2nc2ccccc2c3=O)=Nc2ccccc21. The average Bonchev–Trinajstić information content (AvgIpc) is 3.23. The van der Waals surface area contributed by atoms with Crippen molar-refractivity contribution in [2.45, 2.75) is 5.92 Å². The number of hydrogen-bond donors (Lipinski definition) is 0. The topological polar surface area (TPSA) is 64.3 Å². The van der Waals surface area contributed by atoms with E-state index < -0.39 is 5.92 Å². The van der Waals surface area contributed by atoms with Gasteiger partial charge in [-0.25, -0.2) is 9.98 Å². The Labute approximate surface area is 159 Å². The standard InChI is InChI=1S/C23H13N3O2/c27-21-13-7-1-4-10-16(13)24-20(21)19-15-9-3-6-12-18(15)26-22(19)25-17-11-5-2-8-14(17)23(26)28/h1-12,19H/t19-/m0/s1. The van der Waals surface area contributed by atoms with Crippen molar-refractivity contribution in [2.75, 3.05) is 0 Å². The first-order valence-electron chi connectivity index (χ1n) is 9.07. The van der Waals surface area contributed by atoms with E-state index in [0.717, 1.165) is 11.3 Å². The number of hydrogen-bond acceptors (Lipinski definition) is 4. The summed E-state index contributed by atoms with van der Waals surface area (Å²) in [5.41, 5.74) is 3.82. The molecule has 1 aromatic heterocycles. The minimum absolute atomic E-state index is 0.105. The number of fused-ring (bicyclic) bond motifs is 5. The molecule has 2 aliphatic heterocycles. The zero-order chi connectivity index (χ0) is 18.8. The maximum atomic E-state index is 13.2. The number of para-hydroxylation sites is 3. The molecular formula is C23H13N3O2. The number of Topliss-reactive ketones (excluding diaryl/α,β-unsaturated/α-hetero) is 1. The Morgan fingerprint density at radius 1 is 0.821 bits per heavy atom. The maximum Gasteiger partial charge on any atom is 0.266 e. The molecular weight excluding hydrogens is 350 g/mol. The normalized spacial score (nSPS) is 16.6. The first-order valence-corrected chi connectivity index (χ1v) is 9.07. The number of aliphatic imine (C=N–C) groups is 1. The van der Waals surface area contributed by atoms with Crippen LogP contribution < -0.4 is 5.56 Å². The Morgan fingerprint density at radius 2 is 1.57 bits per heavy atom. The molecule has 0 aliphatic carbocycles.